The number of nitrogens with one attached hydrogen (secondary N) is 2. The highest BCUT2D eigenvalue weighted by Gasteiger charge is 2.06. The molecule has 28 heavy (non-hydrogen) atoms. The van der Waals surface area contributed by atoms with Crippen LogP contribution in [0.4, 0.5) is 0 Å². The fourth-order valence-electron chi connectivity index (χ4n) is 3.22. The number of guanidine groups is 1. The summed E-state index contributed by atoms with van der Waals surface area (Å²) < 4.78 is 1.87. The maximum absolute atomic E-state index is 4.36. The van der Waals surface area contributed by atoms with Gasteiger partial charge in [0, 0.05) is 32.0 Å². The number of aliphatic imine (C=N–C) groups is 1. The van der Waals surface area contributed by atoms with Crippen LogP contribution in [0.1, 0.15) is 39.2 Å². The Morgan fingerprint density at radius 2 is 1.96 bits per heavy atom. The van der Waals surface area contributed by atoms with Crippen molar-refractivity contribution in [3.05, 3.63) is 48.3 Å². The monoisotopic (exact) mass is 384 g/mol. The molecule has 0 aliphatic carbocycles. The first kappa shape index (κ1) is 22.0. The number of benzene rings is 1. The summed E-state index contributed by atoms with van der Waals surface area (Å²) in [7, 11) is 1.83. The summed E-state index contributed by atoms with van der Waals surface area (Å²) in [5, 5.41) is 11.2. The second-order valence-electron chi connectivity index (χ2n) is 7.08. The maximum atomic E-state index is 4.36. The van der Waals surface area contributed by atoms with Gasteiger partial charge in [-0.3, -0.25) is 4.99 Å². The molecule has 6 heteroatoms. The van der Waals surface area contributed by atoms with Crippen LogP contribution in [0.5, 0.6) is 0 Å². The van der Waals surface area contributed by atoms with Gasteiger partial charge in [0.05, 0.1) is 5.69 Å². The zero-order chi connectivity index (χ0) is 20.2. The van der Waals surface area contributed by atoms with E-state index in [-0.39, 0.29) is 0 Å². The Morgan fingerprint density at radius 3 is 2.57 bits per heavy atom. The highest BCUT2D eigenvalue weighted by atomic mass is 15.3. The van der Waals surface area contributed by atoms with Crippen LogP contribution >= 0.6 is 0 Å². The van der Waals surface area contributed by atoms with Gasteiger partial charge in [-0.05, 0) is 69.6 Å². The van der Waals surface area contributed by atoms with Crippen molar-refractivity contribution in [3.63, 3.8) is 0 Å². The summed E-state index contributed by atoms with van der Waals surface area (Å²) in [6, 6.07) is 10.9. The number of nitrogens with zero attached hydrogens (tertiary/aromatic N) is 4. The SMILES string of the molecule is CCN(CC)CCCC(C)NC(=NC)NCCc1ccc(-n2cccn2)cc1. The van der Waals surface area contributed by atoms with Crippen LogP contribution in [0.25, 0.3) is 5.69 Å². The molecule has 0 radical (unpaired) electrons. The Hall–Kier alpha value is -2.34. The minimum Gasteiger partial charge on any atom is -0.356 e. The van der Waals surface area contributed by atoms with Gasteiger partial charge in [0.25, 0.3) is 0 Å². The average Bonchev–Trinajstić information content (AvgIpc) is 3.26. The standard InChI is InChI=1S/C22H36N6/c1-5-27(6-2)17-7-9-19(3)26-22(23-4)24-16-14-20-10-12-21(13-11-20)28-18-8-15-25-28/h8,10-13,15,18-19H,5-7,9,14,16-17H2,1-4H3,(H2,23,24,26). The first-order chi connectivity index (χ1) is 13.7. The molecule has 2 N–H and O–H groups in total. The number of aromatic nitrogens is 2. The minimum absolute atomic E-state index is 0.412. The van der Waals surface area contributed by atoms with Crippen molar-refractivity contribution in [2.24, 2.45) is 4.99 Å². The summed E-state index contributed by atoms with van der Waals surface area (Å²) in [6.45, 7) is 11.0. The second-order valence-corrected chi connectivity index (χ2v) is 7.08. The first-order valence-corrected chi connectivity index (χ1v) is 10.4. The molecule has 2 aromatic rings. The zero-order valence-electron chi connectivity index (χ0n) is 17.9. The molecular weight excluding hydrogens is 348 g/mol. The van der Waals surface area contributed by atoms with E-state index in [4.69, 9.17) is 0 Å². The molecule has 0 spiro atoms. The van der Waals surface area contributed by atoms with Crippen molar-refractivity contribution in [1.82, 2.24) is 25.3 Å². The van der Waals surface area contributed by atoms with Gasteiger partial charge in [-0.25, -0.2) is 4.68 Å². The molecule has 0 amide bonds. The van der Waals surface area contributed by atoms with E-state index in [1.54, 1.807) is 6.20 Å². The molecule has 2 rings (SSSR count). The third-order valence-electron chi connectivity index (χ3n) is 5.02. The summed E-state index contributed by atoms with van der Waals surface area (Å²) >= 11 is 0. The molecule has 1 unspecified atom stereocenters. The molecule has 154 valence electrons. The summed E-state index contributed by atoms with van der Waals surface area (Å²) in [5.74, 6) is 0.878. The Balaban J connectivity index is 1.69. The number of hydrogen-bond acceptors (Lipinski definition) is 3. The van der Waals surface area contributed by atoms with E-state index in [9.17, 15) is 0 Å². The van der Waals surface area contributed by atoms with Gasteiger partial charge < -0.3 is 15.5 Å². The van der Waals surface area contributed by atoms with Crippen LogP contribution in [-0.2, 0) is 6.42 Å². The lowest BCUT2D eigenvalue weighted by molar-refractivity contribution is 0.292. The molecule has 1 heterocycles. The fourth-order valence-corrected chi connectivity index (χ4v) is 3.22. The third-order valence-corrected chi connectivity index (χ3v) is 5.02. The zero-order valence-corrected chi connectivity index (χ0v) is 17.9. The smallest absolute Gasteiger partial charge is 0.191 e. The summed E-state index contributed by atoms with van der Waals surface area (Å²) in [4.78, 5) is 6.82. The van der Waals surface area contributed by atoms with E-state index in [0.717, 1.165) is 44.1 Å². The Bertz CT molecular complexity index is 674. The van der Waals surface area contributed by atoms with Gasteiger partial charge in [-0.2, -0.15) is 5.10 Å². The third kappa shape index (κ3) is 7.35. The van der Waals surface area contributed by atoms with Crippen LogP contribution in [-0.4, -0.2) is 59.9 Å². The van der Waals surface area contributed by atoms with Crippen molar-refractivity contribution in [1.29, 1.82) is 0 Å². The highest BCUT2D eigenvalue weighted by molar-refractivity contribution is 5.79. The molecule has 1 atom stereocenters. The van der Waals surface area contributed by atoms with Crippen molar-refractivity contribution >= 4 is 5.96 Å². The van der Waals surface area contributed by atoms with E-state index in [2.05, 4.69) is 70.7 Å². The van der Waals surface area contributed by atoms with Crippen LogP contribution in [0.3, 0.4) is 0 Å². The largest absolute Gasteiger partial charge is 0.356 e. The van der Waals surface area contributed by atoms with E-state index in [1.807, 2.05) is 24.0 Å². The molecule has 0 bridgehead atoms. The Kier molecular flexibility index (Phi) is 9.55. The number of hydrogen-bond donors (Lipinski definition) is 2. The van der Waals surface area contributed by atoms with E-state index in [0.29, 0.717) is 6.04 Å². The van der Waals surface area contributed by atoms with Crippen molar-refractivity contribution in [3.8, 4) is 5.69 Å². The quantitative estimate of drug-likeness (QED) is 0.462. The maximum Gasteiger partial charge on any atom is 0.191 e. The molecule has 6 nitrogen and oxygen atoms in total. The molecule has 0 saturated carbocycles. The molecule has 0 fully saturated rings. The molecule has 1 aromatic heterocycles. The predicted octanol–water partition coefficient (Wildman–Crippen LogP) is 3.09. The van der Waals surface area contributed by atoms with Crippen LogP contribution < -0.4 is 10.6 Å². The van der Waals surface area contributed by atoms with Gasteiger partial charge in [0.2, 0.25) is 0 Å². The topological polar surface area (TPSA) is 57.5 Å². The normalized spacial score (nSPS) is 13.0. The molecular formula is C22H36N6. The van der Waals surface area contributed by atoms with Crippen LogP contribution in [0.2, 0.25) is 0 Å². The van der Waals surface area contributed by atoms with Crippen LogP contribution in [0.15, 0.2) is 47.7 Å². The van der Waals surface area contributed by atoms with Gasteiger partial charge in [0.15, 0.2) is 5.96 Å². The molecule has 1 aromatic carbocycles. The number of rotatable bonds is 11. The lowest BCUT2D eigenvalue weighted by atomic mass is 10.1. The second kappa shape index (κ2) is 12.2. The van der Waals surface area contributed by atoms with Gasteiger partial charge in [-0.15, -0.1) is 0 Å². The summed E-state index contributed by atoms with van der Waals surface area (Å²) in [5.41, 5.74) is 2.38. The first-order valence-electron chi connectivity index (χ1n) is 10.4. The van der Waals surface area contributed by atoms with Crippen molar-refractivity contribution < 1.29 is 0 Å². The predicted molar refractivity (Wildman–Crippen MR) is 118 cm³/mol. The highest BCUT2D eigenvalue weighted by Crippen LogP contribution is 2.08. The van der Waals surface area contributed by atoms with E-state index < -0.39 is 0 Å². The molecule has 0 aliphatic heterocycles. The van der Waals surface area contributed by atoms with E-state index >= 15 is 0 Å². The van der Waals surface area contributed by atoms with Crippen LogP contribution in [0, 0.1) is 0 Å². The van der Waals surface area contributed by atoms with Gasteiger partial charge in [0.1, 0.15) is 0 Å². The molecule has 0 saturated heterocycles. The minimum atomic E-state index is 0.412. The summed E-state index contributed by atoms with van der Waals surface area (Å²) in [6.07, 6.45) is 7.05. The van der Waals surface area contributed by atoms with Crippen molar-refractivity contribution in [2.45, 2.75) is 46.1 Å². The lowest BCUT2D eigenvalue weighted by Gasteiger charge is -2.21. The van der Waals surface area contributed by atoms with Gasteiger partial charge >= 0.3 is 0 Å². The van der Waals surface area contributed by atoms with Gasteiger partial charge in [-0.1, -0.05) is 26.0 Å². The molecule has 0 aliphatic rings. The fraction of sp³-hybridized carbons (Fsp3) is 0.545. The Labute approximate surface area is 170 Å². The van der Waals surface area contributed by atoms with E-state index in [1.165, 1.54) is 18.5 Å². The lowest BCUT2D eigenvalue weighted by Crippen LogP contribution is -2.43. The van der Waals surface area contributed by atoms with Crippen molar-refractivity contribution in [2.75, 3.05) is 33.2 Å². The Morgan fingerprint density at radius 1 is 1.21 bits per heavy atom. The average molecular weight is 385 g/mol.